The molecule has 0 saturated carbocycles. The summed E-state index contributed by atoms with van der Waals surface area (Å²) in [6.07, 6.45) is 0. The van der Waals surface area contributed by atoms with Gasteiger partial charge in [0.25, 0.3) is 0 Å². The second kappa shape index (κ2) is 5.35. The number of urea groups is 1. The van der Waals surface area contributed by atoms with E-state index in [9.17, 15) is 4.79 Å². The fourth-order valence-electron chi connectivity index (χ4n) is 1.31. The van der Waals surface area contributed by atoms with Gasteiger partial charge in [-0.1, -0.05) is 0 Å². The smallest absolute Gasteiger partial charge is 0.318 e. The third-order valence-electron chi connectivity index (χ3n) is 1.79. The number of carbonyl (C=O) groups is 1. The molecule has 2 amide bonds. The predicted octanol–water partition coefficient (Wildman–Crippen LogP) is 2.54. The summed E-state index contributed by atoms with van der Waals surface area (Å²) in [6.45, 7) is 13.6. The first kappa shape index (κ1) is 14.2. The third-order valence-corrected chi connectivity index (χ3v) is 1.79. The van der Waals surface area contributed by atoms with Gasteiger partial charge in [-0.15, -0.1) is 0 Å². The number of carbonyl (C=O) groups excluding carboxylic acids is 1. The van der Waals surface area contributed by atoms with Gasteiger partial charge >= 0.3 is 6.03 Å². The van der Waals surface area contributed by atoms with Crippen molar-refractivity contribution < 1.29 is 9.63 Å². The summed E-state index contributed by atoms with van der Waals surface area (Å²) < 4.78 is 0. The SMILES string of the molecule is CC(C)N(C(=O)NOC(C)(C)C)C(C)C. The maximum atomic E-state index is 11.8. The predicted molar refractivity (Wildman–Crippen MR) is 61.5 cm³/mol. The summed E-state index contributed by atoms with van der Waals surface area (Å²) in [5.41, 5.74) is 2.11. The summed E-state index contributed by atoms with van der Waals surface area (Å²) in [4.78, 5) is 18.7. The number of hydrogen-bond donors (Lipinski definition) is 1. The highest BCUT2D eigenvalue weighted by Gasteiger charge is 2.21. The Labute approximate surface area is 92.9 Å². The highest BCUT2D eigenvalue weighted by atomic mass is 16.7. The van der Waals surface area contributed by atoms with Gasteiger partial charge in [0.05, 0.1) is 5.60 Å². The second-order valence-corrected chi connectivity index (χ2v) is 5.22. The van der Waals surface area contributed by atoms with Gasteiger partial charge in [0.1, 0.15) is 0 Å². The Morgan fingerprint density at radius 1 is 1.13 bits per heavy atom. The highest BCUT2D eigenvalue weighted by Crippen LogP contribution is 2.08. The first-order valence-corrected chi connectivity index (χ1v) is 5.41. The van der Waals surface area contributed by atoms with Gasteiger partial charge in [-0.25, -0.2) is 10.3 Å². The summed E-state index contributed by atoms with van der Waals surface area (Å²) in [7, 11) is 0. The van der Waals surface area contributed by atoms with E-state index >= 15 is 0 Å². The lowest BCUT2D eigenvalue weighted by Crippen LogP contribution is -2.49. The molecule has 0 radical (unpaired) electrons. The lowest BCUT2D eigenvalue weighted by atomic mass is 10.2. The molecule has 0 heterocycles. The van der Waals surface area contributed by atoms with Crippen LogP contribution in [0, 0.1) is 0 Å². The quantitative estimate of drug-likeness (QED) is 0.737. The molecule has 0 unspecified atom stereocenters. The van der Waals surface area contributed by atoms with Gasteiger partial charge in [-0.05, 0) is 48.5 Å². The Bertz CT molecular complexity index is 199. The number of hydroxylamine groups is 1. The Morgan fingerprint density at radius 3 is 1.80 bits per heavy atom. The van der Waals surface area contributed by atoms with Crippen LogP contribution in [-0.2, 0) is 4.84 Å². The Hall–Kier alpha value is -0.770. The standard InChI is InChI=1S/C11H24N2O2/c1-8(2)13(9(3)4)10(14)12-15-11(5,6)7/h8-9H,1-7H3,(H,12,14). The lowest BCUT2D eigenvalue weighted by molar-refractivity contribution is -0.0609. The molecular weight excluding hydrogens is 192 g/mol. The highest BCUT2D eigenvalue weighted by molar-refractivity contribution is 5.73. The van der Waals surface area contributed by atoms with Crippen LogP contribution in [0.2, 0.25) is 0 Å². The van der Waals surface area contributed by atoms with Gasteiger partial charge in [-0.2, -0.15) is 0 Å². The van der Waals surface area contributed by atoms with Crippen LogP contribution in [0.1, 0.15) is 48.5 Å². The van der Waals surface area contributed by atoms with Crippen molar-refractivity contribution in [3.63, 3.8) is 0 Å². The Morgan fingerprint density at radius 2 is 1.53 bits per heavy atom. The average molecular weight is 216 g/mol. The van der Waals surface area contributed by atoms with E-state index in [1.54, 1.807) is 4.90 Å². The van der Waals surface area contributed by atoms with E-state index in [0.717, 1.165) is 0 Å². The zero-order valence-corrected chi connectivity index (χ0v) is 10.9. The van der Waals surface area contributed by atoms with Crippen LogP contribution in [-0.4, -0.2) is 28.6 Å². The molecule has 0 rings (SSSR count). The molecule has 0 fully saturated rings. The number of nitrogens with one attached hydrogen (secondary N) is 1. The maximum absolute atomic E-state index is 11.8. The van der Waals surface area contributed by atoms with Crippen LogP contribution < -0.4 is 5.48 Å². The van der Waals surface area contributed by atoms with E-state index in [4.69, 9.17) is 4.84 Å². The van der Waals surface area contributed by atoms with Crippen molar-refractivity contribution in [3.05, 3.63) is 0 Å². The number of rotatable bonds is 3. The molecule has 0 aromatic rings. The second-order valence-electron chi connectivity index (χ2n) is 5.22. The first-order valence-electron chi connectivity index (χ1n) is 5.41. The molecular formula is C11H24N2O2. The van der Waals surface area contributed by atoms with Crippen molar-refractivity contribution in [2.24, 2.45) is 0 Å². The maximum Gasteiger partial charge on any atom is 0.341 e. The van der Waals surface area contributed by atoms with E-state index in [1.165, 1.54) is 0 Å². The summed E-state index contributed by atoms with van der Waals surface area (Å²) in [6, 6.07) is 0.136. The molecule has 15 heavy (non-hydrogen) atoms. The van der Waals surface area contributed by atoms with Crippen molar-refractivity contribution in [2.45, 2.75) is 66.2 Å². The van der Waals surface area contributed by atoms with Crippen molar-refractivity contribution in [1.82, 2.24) is 10.4 Å². The van der Waals surface area contributed by atoms with Gasteiger partial charge in [0.2, 0.25) is 0 Å². The molecule has 0 aliphatic rings. The molecule has 0 spiro atoms. The van der Waals surface area contributed by atoms with E-state index in [2.05, 4.69) is 5.48 Å². The van der Waals surface area contributed by atoms with Crippen molar-refractivity contribution in [2.75, 3.05) is 0 Å². The Balaban J connectivity index is 4.29. The molecule has 0 aromatic heterocycles. The van der Waals surface area contributed by atoms with E-state index < -0.39 is 0 Å². The van der Waals surface area contributed by atoms with Crippen molar-refractivity contribution in [1.29, 1.82) is 0 Å². The van der Waals surface area contributed by atoms with Gasteiger partial charge in [0.15, 0.2) is 0 Å². The number of hydrogen-bond acceptors (Lipinski definition) is 2. The lowest BCUT2D eigenvalue weighted by Gasteiger charge is -2.31. The minimum absolute atomic E-state index is 0.161. The summed E-state index contributed by atoms with van der Waals surface area (Å²) in [5, 5.41) is 0. The summed E-state index contributed by atoms with van der Waals surface area (Å²) in [5.74, 6) is 0. The van der Waals surface area contributed by atoms with Gasteiger partial charge < -0.3 is 4.90 Å². The molecule has 0 aromatic carbocycles. The van der Waals surface area contributed by atoms with Gasteiger partial charge in [0, 0.05) is 12.1 Å². The van der Waals surface area contributed by atoms with Gasteiger partial charge in [-0.3, -0.25) is 4.84 Å². The topological polar surface area (TPSA) is 41.6 Å². The van der Waals surface area contributed by atoms with E-state index in [-0.39, 0.29) is 23.7 Å². The van der Waals surface area contributed by atoms with E-state index in [1.807, 2.05) is 48.5 Å². The third kappa shape index (κ3) is 5.62. The van der Waals surface area contributed by atoms with E-state index in [0.29, 0.717) is 0 Å². The molecule has 90 valence electrons. The minimum atomic E-state index is -0.366. The molecule has 0 atom stereocenters. The molecule has 0 bridgehead atoms. The normalized spacial score (nSPS) is 12.1. The molecule has 0 saturated heterocycles. The van der Waals surface area contributed by atoms with Crippen molar-refractivity contribution >= 4 is 6.03 Å². The zero-order valence-electron chi connectivity index (χ0n) is 10.9. The monoisotopic (exact) mass is 216 g/mol. The molecule has 0 aliphatic heterocycles. The van der Waals surface area contributed by atoms with Crippen LogP contribution in [0.5, 0.6) is 0 Å². The molecule has 4 nitrogen and oxygen atoms in total. The van der Waals surface area contributed by atoms with Crippen molar-refractivity contribution in [3.8, 4) is 0 Å². The fourth-order valence-corrected chi connectivity index (χ4v) is 1.31. The molecule has 1 N–H and O–H groups in total. The summed E-state index contributed by atoms with van der Waals surface area (Å²) >= 11 is 0. The number of nitrogens with zero attached hydrogens (tertiary/aromatic N) is 1. The fraction of sp³-hybridized carbons (Fsp3) is 0.909. The Kier molecular flexibility index (Phi) is 5.08. The minimum Gasteiger partial charge on any atom is -0.318 e. The molecule has 4 heteroatoms. The van der Waals surface area contributed by atoms with Crippen LogP contribution in [0.15, 0.2) is 0 Å². The van der Waals surface area contributed by atoms with Crippen LogP contribution >= 0.6 is 0 Å². The van der Waals surface area contributed by atoms with Crippen LogP contribution in [0.4, 0.5) is 4.79 Å². The largest absolute Gasteiger partial charge is 0.341 e. The number of amides is 2. The first-order chi connectivity index (χ1) is 6.65. The average Bonchev–Trinajstić information content (AvgIpc) is 1.97. The molecule has 0 aliphatic carbocycles. The van der Waals surface area contributed by atoms with Crippen LogP contribution in [0.3, 0.4) is 0 Å². The van der Waals surface area contributed by atoms with Crippen LogP contribution in [0.25, 0.3) is 0 Å². The zero-order chi connectivity index (χ0) is 12.2.